The monoisotopic (exact) mass is 377 g/mol. The third kappa shape index (κ3) is 4.59. The zero-order valence-electron chi connectivity index (χ0n) is 15.6. The number of hydrogen-bond acceptors (Lipinski definition) is 6. The average Bonchev–Trinajstić information content (AvgIpc) is 2.65. The van der Waals surface area contributed by atoms with Gasteiger partial charge in [0.2, 0.25) is 0 Å². The van der Waals surface area contributed by atoms with E-state index in [4.69, 9.17) is 9.47 Å². The molecule has 2 N–H and O–H groups in total. The van der Waals surface area contributed by atoms with E-state index < -0.39 is 12.1 Å². The van der Waals surface area contributed by atoms with Crippen LogP contribution in [0.1, 0.15) is 46.4 Å². The molecule has 1 aliphatic carbocycles. The molecule has 7 heteroatoms. The number of esters is 1. The van der Waals surface area contributed by atoms with Gasteiger partial charge in [-0.1, -0.05) is 6.42 Å². The number of amides is 1. The zero-order chi connectivity index (χ0) is 19.4. The van der Waals surface area contributed by atoms with Crippen LogP contribution < -0.4 is 4.74 Å². The molecule has 0 unspecified atom stereocenters. The van der Waals surface area contributed by atoms with Crippen LogP contribution in [0.2, 0.25) is 0 Å². The number of β-amino-alcohol motifs (C(OH)–C–C–N with tert-alkyl or cyclic N) is 1. The maximum Gasteiger partial charge on any atom is 0.338 e. The van der Waals surface area contributed by atoms with Gasteiger partial charge in [0.1, 0.15) is 5.75 Å². The molecule has 0 radical (unpaired) electrons. The summed E-state index contributed by atoms with van der Waals surface area (Å²) in [5.74, 6) is -0.0174. The molecular weight excluding hydrogens is 350 g/mol. The van der Waals surface area contributed by atoms with E-state index in [1.165, 1.54) is 19.6 Å². The summed E-state index contributed by atoms with van der Waals surface area (Å²) in [6.45, 7) is 1.08. The highest BCUT2D eigenvalue weighted by Crippen LogP contribution is 2.28. The summed E-state index contributed by atoms with van der Waals surface area (Å²) in [6, 6.07) is 4.72. The van der Waals surface area contributed by atoms with Gasteiger partial charge in [0, 0.05) is 31.2 Å². The zero-order valence-corrected chi connectivity index (χ0v) is 15.6. The minimum atomic E-state index is -0.758. The Morgan fingerprint density at radius 2 is 1.93 bits per heavy atom. The first-order valence-electron chi connectivity index (χ1n) is 9.46. The first kappa shape index (κ1) is 19.6. The number of carbonyl (C=O) groups excluding carboxylic acids is 2. The van der Waals surface area contributed by atoms with Crippen LogP contribution in [-0.4, -0.2) is 66.5 Å². The molecule has 1 saturated heterocycles. The highest BCUT2D eigenvalue weighted by atomic mass is 16.5. The van der Waals surface area contributed by atoms with Gasteiger partial charge in [0.25, 0.3) is 5.91 Å². The smallest absolute Gasteiger partial charge is 0.338 e. The Morgan fingerprint density at radius 1 is 1.19 bits per heavy atom. The number of aliphatic hydroxyl groups excluding tert-OH is 2. The molecule has 3 rings (SSSR count). The molecule has 7 nitrogen and oxygen atoms in total. The van der Waals surface area contributed by atoms with E-state index in [0.29, 0.717) is 36.8 Å². The van der Waals surface area contributed by atoms with Crippen molar-refractivity contribution in [1.29, 1.82) is 0 Å². The maximum atomic E-state index is 12.9. The van der Waals surface area contributed by atoms with Crippen molar-refractivity contribution in [3.05, 3.63) is 29.3 Å². The average molecular weight is 377 g/mol. The van der Waals surface area contributed by atoms with Crippen LogP contribution in [0.3, 0.4) is 0 Å². The lowest BCUT2D eigenvalue weighted by Crippen LogP contribution is -2.47. The molecule has 2 aliphatic rings. The molecule has 1 aliphatic heterocycles. The Morgan fingerprint density at radius 3 is 2.52 bits per heavy atom. The van der Waals surface area contributed by atoms with E-state index in [2.05, 4.69) is 0 Å². The third-order valence-corrected chi connectivity index (χ3v) is 5.53. The van der Waals surface area contributed by atoms with E-state index in [0.717, 1.165) is 12.8 Å². The van der Waals surface area contributed by atoms with Crippen LogP contribution in [0.25, 0.3) is 0 Å². The van der Waals surface area contributed by atoms with Crippen molar-refractivity contribution in [2.24, 2.45) is 11.8 Å². The van der Waals surface area contributed by atoms with E-state index in [1.807, 2.05) is 0 Å². The lowest BCUT2D eigenvalue weighted by Gasteiger charge is -2.35. The van der Waals surface area contributed by atoms with E-state index in [9.17, 15) is 19.8 Å². The molecular formula is C20H27NO6. The van der Waals surface area contributed by atoms with Gasteiger partial charge in [-0.2, -0.15) is 0 Å². The van der Waals surface area contributed by atoms with Crippen molar-refractivity contribution in [2.75, 3.05) is 33.4 Å². The van der Waals surface area contributed by atoms with Crippen LogP contribution in [0, 0.1) is 11.8 Å². The Labute approximate surface area is 158 Å². The van der Waals surface area contributed by atoms with Gasteiger partial charge in [-0.05, 0) is 43.4 Å². The minimum absolute atomic E-state index is 0.0970. The lowest BCUT2D eigenvalue weighted by molar-refractivity contribution is 0.000856. The first-order valence-corrected chi connectivity index (χ1v) is 9.46. The number of nitrogens with zero attached hydrogens (tertiary/aromatic N) is 1. The predicted octanol–water partition coefficient (Wildman–Crippen LogP) is 1.47. The molecule has 0 bridgehead atoms. The highest BCUT2D eigenvalue weighted by Gasteiger charge is 2.30. The minimum Gasteiger partial charge on any atom is -0.493 e. The molecule has 0 aromatic heterocycles. The van der Waals surface area contributed by atoms with Gasteiger partial charge in [-0.3, -0.25) is 4.79 Å². The van der Waals surface area contributed by atoms with Gasteiger partial charge < -0.3 is 24.6 Å². The summed E-state index contributed by atoms with van der Waals surface area (Å²) in [6.07, 6.45) is 3.27. The van der Waals surface area contributed by atoms with Crippen molar-refractivity contribution in [3.8, 4) is 5.75 Å². The number of aliphatic hydroxyl groups is 2. The quantitative estimate of drug-likeness (QED) is 0.729. The molecule has 148 valence electrons. The van der Waals surface area contributed by atoms with E-state index in [1.54, 1.807) is 17.0 Å². The number of rotatable bonds is 6. The van der Waals surface area contributed by atoms with Gasteiger partial charge >= 0.3 is 5.97 Å². The largest absolute Gasteiger partial charge is 0.493 e. The Balaban J connectivity index is 1.77. The number of ether oxygens (including phenoxy) is 2. The molecule has 2 atom stereocenters. The summed E-state index contributed by atoms with van der Waals surface area (Å²) in [4.78, 5) is 26.4. The second-order valence-corrected chi connectivity index (χ2v) is 7.40. The van der Waals surface area contributed by atoms with E-state index >= 15 is 0 Å². The number of piperidine rings is 1. The molecule has 1 aromatic carbocycles. The first-order chi connectivity index (χ1) is 13.0. The molecule has 1 saturated carbocycles. The van der Waals surface area contributed by atoms with Crippen LogP contribution in [0.5, 0.6) is 5.75 Å². The fourth-order valence-electron chi connectivity index (χ4n) is 3.48. The van der Waals surface area contributed by atoms with Gasteiger partial charge in [-0.15, -0.1) is 0 Å². The van der Waals surface area contributed by atoms with Crippen LogP contribution in [0.4, 0.5) is 0 Å². The van der Waals surface area contributed by atoms with Crippen molar-refractivity contribution in [3.63, 3.8) is 0 Å². The topological polar surface area (TPSA) is 96.3 Å². The van der Waals surface area contributed by atoms with Crippen LogP contribution >= 0.6 is 0 Å². The summed E-state index contributed by atoms with van der Waals surface area (Å²) in [5.41, 5.74) is 0.592. The number of likely N-dealkylation sites (tertiary alicyclic amines) is 1. The second-order valence-electron chi connectivity index (χ2n) is 7.40. The number of carbonyl (C=O) groups is 2. The fourth-order valence-corrected chi connectivity index (χ4v) is 3.48. The molecule has 1 heterocycles. The second kappa shape index (κ2) is 8.71. The molecule has 1 amide bonds. The normalized spacial score (nSPS) is 22.9. The van der Waals surface area contributed by atoms with Gasteiger partial charge in [0.05, 0.1) is 25.4 Å². The number of methoxy groups -OCH3 is 1. The lowest BCUT2D eigenvalue weighted by atomic mass is 9.86. The predicted molar refractivity (Wildman–Crippen MR) is 97.7 cm³/mol. The summed E-state index contributed by atoms with van der Waals surface area (Å²) in [7, 11) is 1.29. The Kier molecular flexibility index (Phi) is 6.34. The standard InChI is InChI=1S/C20H27NO6/c1-26-20(25)16-7-15(8-17(9-16)27-12-13-3-2-4-13)19(24)21-6-5-14(11-22)18(23)10-21/h7-9,13-14,18,22-23H,2-6,10-12H2,1H3/t14-,18-/m0/s1. The number of hydrogen-bond donors (Lipinski definition) is 2. The van der Waals surface area contributed by atoms with Crippen molar-refractivity contribution < 1.29 is 29.3 Å². The summed E-state index contributed by atoms with van der Waals surface area (Å²) < 4.78 is 10.6. The summed E-state index contributed by atoms with van der Waals surface area (Å²) >= 11 is 0. The molecule has 1 aromatic rings. The third-order valence-electron chi connectivity index (χ3n) is 5.53. The van der Waals surface area contributed by atoms with Crippen molar-refractivity contribution in [1.82, 2.24) is 4.90 Å². The summed E-state index contributed by atoms with van der Waals surface area (Å²) in [5, 5.41) is 19.4. The Hall–Kier alpha value is -2.12. The molecule has 27 heavy (non-hydrogen) atoms. The van der Waals surface area contributed by atoms with Crippen molar-refractivity contribution >= 4 is 11.9 Å². The number of benzene rings is 1. The van der Waals surface area contributed by atoms with Crippen molar-refractivity contribution in [2.45, 2.75) is 31.8 Å². The molecule has 0 spiro atoms. The maximum absolute atomic E-state index is 12.9. The van der Waals surface area contributed by atoms with E-state index in [-0.39, 0.29) is 30.5 Å². The fraction of sp³-hybridized carbons (Fsp3) is 0.600. The SMILES string of the molecule is COC(=O)c1cc(OCC2CCC2)cc(C(=O)N2CC[C@@H](CO)[C@@H](O)C2)c1. The van der Waals surface area contributed by atoms with Crippen LogP contribution in [-0.2, 0) is 4.74 Å². The highest BCUT2D eigenvalue weighted by molar-refractivity contribution is 5.98. The van der Waals surface area contributed by atoms with Gasteiger partial charge in [-0.25, -0.2) is 4.79 Å². The Bertz CT molecular complexity index is 687. The van der Waals surface area contributed by atoms with Gasteiger partial charge in [0.15, 0.2) is 0 Å². The molecule has 2 fully saturated rings. The van der Waals surface area contributed by atoms with Crippen LogP contribution in [0.15, 0.2) is 18.2 Å².